The van der Waals surface area contributed by atoms with E-state index in [2.05, 4.69) is 50.3 Å². The number of Topliss-reactive ketones (excluding diaryl/α,β-unsaturated/α-hetero) is 1. The van der Waals surface area contributed by atoms with E-state index in [0.29, 0.717) is 12.2 Å². The summed E-state index contributed by atoms with van der Waals surface area (Å²) in [5.74, 6) is 0.403. The second-order valence-electron chi connectivity index (χ2n) is 8.34. The van der Waals surface area contributed by atoms with Crippen molar-refractivity contribution in [1.82, 2.24) is 9.78 Å². The maximum atomic E-state index is 13.5. The van der Waals surface area contributed by atoms with Gasteiger partial charge >= 0.3 is 0 Å². The number of hydrogen-bond donors (Lipinski definition) is 0. The molecule has 1 atom stereocenters. The molecule has 0 amide bonds. The Labute approximate surface area is 180 Å². The number of aryl methyl sites for hydroxylation is 3. The summed E-state index contributed by atoms with van der Waals surface area (Å²) in [7, 11) is 1.97. The Morgan fingerprint density at radius 2 is 1.82 bits per heavy atom. The number of ketones is 1. The van der Waals surface area contributed by atoms with Gasteiger partial charge in [0.1, 0.15) is 12.6 Å². The van der Waals surface area contributed by atoms with Crippen LogP contribution in [0, 0.1) is 13.8 Å². The maximum absolute atomic E-state index is 13.5. The van der Waals surface area contributed by atoms with E-state index < -0.39 is 0 Å². The smallest absolute Gasteiger partial charge is 0.194 e. The highest BCUT2D eigenvalue weighted by Gasteiger charge is 2.41. The van der Waals surface area contributed by atoms with E-state index >= 15 is 0 Å². The first-order valence-electron chi connectivity index (χ1n) is 10.4. The summed E-state index contributed by atoms with van der Waals surface area (Å²) in [5, 5.41) is 4.36. The molecule has 1 aromatic heterocycles. The van der Waals surface area contributed by atoms with Crippen LogP contribution in [-0.2, 0) is 24.8 Å². The predicted octanol–water partition coefficient (Wildman–Crippen LogP) is 1.13. The van der Waals surface area contributed by atoms with Crippen LogP contribution in [0.25, 0.3) is 0 Å². The third kappa shape index (κ3) is 4.93. The lowest BCUT2D eigenvalue weighted by Crippen LogP contribution is -3.00. The van der Waals surface area contributed by atoms with Crippen LogP contribution >= 0.6 is 0 Å². The molecule has 1 unspecified atom stereocenters. The monoisotopic (exact) mass is 447 g/mol. The average Bonchev–Trinajstić information content (AvgIpc) is 3.04. The third-order valence-corrected chi connectivity index (χ3v) is 6.38. The minimum Gasteiger partial charge on any atom is -1.00 e. The van der Waals surface area contributed by atoms with Crippen LogP contribution in [0.1, 0.15) is 54.9 Å². The molecular formula is C23H34BrN3O. The van der Waals surface area contributed by atoms with Crippen LogP contribution in [-0.4, -0.2) is 39.2 Å². The van der Waals surface area contributed by atoms with Gasteiger partial charge in [-0.15, -0.1) is 0 Å². The highest BCUT2D eigenvalue weighted by atomic mass is 79.9. The van der Waals surface area contributed by atoms with E-state index in [1.807, 2.05) is 17.9 Å². The molecule has 1 fully saturated rings. The van der Waals surface area contributed by atoms with Gasteiger partial charge in [0.2, 0.25) is 0 Å². The van der Waals surface area contributed by atoms with Crippen LogP contribution in [0.3, 0.4) is 0 Å². The van der Waals surface area contributed by atoms with Gasteiger partial charge in [-0.05, 0) is 49.8 Å². The third-order valence-electron chi connectivity index (χ3n) is 6.38. The molecule has 3 rings (SSSR count). The largest absolute Gasteiger partial charge is 1.00 e. The summed E-state index contributed by atoms with van der Waals surface area (Å²) in [5.41, 5.74) is 4.93. The molecule has 4 nitrogen and oxygen atoms in total. The Morgan fingerprint density at radius 3 is 2.36 bits per heavy atom. The number of rotatable bonds is 7. The fourth-order valence-corrected chi connectivity index (χ4v) is 4.98. The van der Waals surface area contributed by atoms with Crippen LogP contribution in [0.5, 0.6) is 0 Å². The fourth-order valence-electron chi connectivity index (χ4n) is 4.98. The van der Waals surface area contributed by atoms with Crippen LogP contribution < -0.4 is 17.0 Å². The highest BCUT2D eigenvalue weighted by Crippen LogP contribution is 2.30. The summed E-state index contributed by atoms with van der Waals surface area (Å²) in [6.07, 6.45) is 9.26. The summed E-state index contributed by atoms with van der Waals surface area (Å²) in [6, 6.07) is 6.40. The van der Waals surface area contributed by atoms with E-state index in [0.717, 1.165) is 30.5 Å². The van der Waals surface area contributed by atoms with Crippen molar-refractivity contribution in [2.75, 3.05) is 13.1 Å². The number of quaternary nitrogens is 1. The first-order chi connectivity index (χ1) is 12.9. The van der Waals surface area contributed by atoms with Crippen molar-refractivity contribution >= 4 is 5.78 Å². The Balaban J connectivity index is 0.00000280. The number of nitrogens with zero attached hydrogens (tertiary/aromatic N) is 3. The van der Waals surface area contributed by atoms with Crippen molar-refractivity contribution in [3.63, 3.8) is 0 Å². The molecule has 1 aromatic carbocycles. The molecule has 0 aliphatic carbocycles. The van der Waals surface area contributed by atoms with E-state index in [4.69, 9.17) is 0 Å². The van der Waals surface area contributed by atoms with Crippen molar-refractivity contribution in [2.45, 2.75) is 65.5 Å². The lowest BCUT2D eigenvalue weighted by Gasteiger charge is -2.46. The van der Waals surface area contributed by atoms with Crippen LogP contribution in [0.2, 0.25) is 0 Å². The molecular weight excluding hydrogens is 414 g/mol. The topological polar surface area (TPSA) is 34.9 Å². The lowest BCUT2D eigenvalue weighted by molar-refractivity contribution is -0.959. The molecule has 0 radical (unpaired) electrons. The minimum absolute atomic E-state index is 0. The van der Waals surface area contributed by atoms with Gasteiger partial charge in [-0.3, -0.25) is 9.48 Å². The zero-order valence-electron chi connectivity index (χ0n) is 17.7. The Kier molecular flexibility index (Phi) is 8.02. The maximum Gasteiger partial charge on any atom is 0.194 e. The summed E-state index contributed by atoms with van der Waals surface area (Å²) in [4.78, 5) is 13.5. The van der Waals surface area contributed by atoms with Gasteiger partial charge in [0.15, 0.2) is 5.78 Å². The van der Waals surface area contributed by atoms with Gasteiger partial charge in [-0.2, -0.15) is 5.10 Å². The summed E-state index contributed by atoms with van der Waals surface area (Å²) in [6.45, 7) is 9.56. The van der Waals surface area contributed by atoms with Crippen molar-refractivity contribution in [3.8, 4) is 0 Å². The minimum atomic E-state index is 0. The van der Waals surface area contributed by atoms with Crippen molar-refractivity contribution in [3.05, 3.63) is 52.8 Å². The average molecular weight is 448 g/mol. The molecule has 154 valence electrons. The molecule has 1 aliphatic heterocycles. The molecule has 0 bridgehead atoms. The number of likely N-dealkylation sites (tertiary alicyclic amines) is 1. The van der Waals surface area contributed by atoms with E-state index in [1.165, 1.54) is 41.5 Å². The Morgan fingerprint density at radius 1 is 1.18 bits per heavy atom. The molecule has 2 aromatic rings. The fraction of sp³-hybridized carbons (Fsp3) is 0.565. The number of hydrogen-bond acceptors (Lipinski definition) is 2. The molecule has 1 aliphatic rings. The molecule has 5 heteroatoms. The Hall–Kier alpha value is -1.46. The van der Waals surface area contributed by atoms with Gasteiger partial charge in [0, 0.05) is 31.6 Å². The normalized spacial score (nSPS) is 17.0. The van der Waals surface area contributed by atoms with Crippen LogP contribution in [0.4, 0.5) is 0 Å². The van der Waals surface area contributed by atoms with Gasteiger partial charge in [0.25, 0.3) is 0 Å². The molecule has 2 heterocycles. The number of piperidine rings is 1. The van der Waals surface area contributed by atoms with Gasteiger partial charge < -0.3 is 21.5 Å². The highest BCUT2D eigenvalue weighted by molar-refractivity contribution is 5.85. The number of halogens is 1. The van der Waals surface area contributed by atoms with E-state index in [1.54, 1.807) is 0 Å². The summed E-state index contributed by atoms with van der Waals surface area (Å²) >= 11 is 0. The van der Waals surface area contributed by atoms with Gasteiger partial charge in [-0.1, -0.05) is 25.1 Å². The molecule has 0 N–H and O–H groups in total. The number of carbonyl (C=O) groups is 1. The van der Waals surface area contributed by atoms with Crippen molar-refractivity contribution in [1.29, 1.82) is 0 Å². The first kappa shape index (κ1) is 22.8. The first-order valence-corrected chi connectivity index (χ1v) is 10.4. The predicted molar refractivity (Wildman–Crippen MR) is 109 cm³/mol. The van der Waals surface area contributed by atoms with E-state index in [9.17, 15) is 4.79 Å². The molecule has 0 saturated carbocycles. The van der Waals surface area contributed by atoms with Gasteiger partial charge in [-0.25, -0.2) is 0 Å². The molecule has 0 spiro atoms. The number of benzene rings is 1. The second kappa shape index (κ2) is 9.84. The molecule has 1 saturated heterocycles. The SMILES string of the molecule is CCC(C(=O)Cc1c(C)cccc1C)[N+]1(Cc2cnn(C)c2)CCCCC1.[Br-]. The van der Waals surface area contributed by atoms with E-state index in [-0.39, 0.29) is 23.0 Å². The van der Waals surface area contributed by atoms with Crippen molar-refractivity contribution in [2.24, 2.45) is 7.05 Å². The van der Waals surface area contributed by atoms with Crippen molar-refractivity contribution < 1.29 is 26.3 Å². The Bertz CT molecular complexity index is 773. The zero-order chi connectivity index (χ0) is 19.4. The van der Waals surface area contributed by atoms with Gasteiger partial charge in [0.05, 0.1) is 19.3 Å². The molecule has 28 heavy (non-hydrogen) atoms. The number of aromatic nitrogens is 2. The standard InChI is InChI=1S/C23H34N3O.BrH/c1-5-22(23(27)14-21-18(2)10-9-11-19(21)3)26(12-7-6-8-13-26)17-20-15-24-25(4)16-20;/h9-11,15-16,22H,5-8,12-14,17H2,1-4H3;1H/q+1;/p-1. The quantitative estimate of drug-likeness (QED) is 0.596. The zero-order valence-corrected chi connectivity index (χ0v) is 19.3. The lowest BCUT2D eigenvalue weighted by atomic mass is 9.91. The summed E-state index contributed by atoms with van der Waals surface area (Å²) < 4.78 is 2.78. The number of carbonyl (C=O) groups excluding carboxylic acids is 1. The second-order valence-corrected chi connectivity index (χ2v) is 8.34. The van der Waals surface area contributed by atoms with Crippen LogP contribution in [0.15, 0.2) is 30.6 Å².